The highest BCUT2D eigenvalue weighted by Crippen LogP contribution is 2.18. The molecule has 0 unspecified atom stereocenters. The van der Waals surface area contributed by atoms with Crippen LogP contribution in [0.2, 0.25) is 0 Å². The van der Waals surface area contributed by atoms with Crippen molar-refractivity contribution >= 4 is 56.6 Å². The first-order valence-corrected chi connectivity index (χ1v) is 13.8. The predicted octanol–water partition coefficient (Wildman–Crippen LogP) is 6.19. The highest BCUT2D eigenvalue weighted by Gasteiger charge is 2.15. The predicted molar refractivity (Wildman–Crippen MR) is 139 cm³/mol. The molecular weight excluding hydrogens is 425 g/mol. The maximum absolute atomic E-state index is 10.4. The van der Waals surface area contributed by atoms with E-state index in [2.05, 4.69) is 37.5 Å². The van der Waals surface area contributed by atoms with Crippen LogP contribution < -0.4 is 0 Å². The van der Waals surface area contributed by atoms with Crippen molar-refractivity contribution in [2.24, 2.45) is 0 Å². The third-order valence-corrected chi connectivity index (χ3v) is 7.78. The zero-order valence-corrected chi connectivity index (χ0v) is 21.7. The third kappa shape index (κ3) is 14.4. The van der Waals surface area contributed by atoms with Crippen LogP contribution in [0.25, 0.3) is 0 Å². The van der Waals surface area contributed by atoms with Gasteiger partial charge in [0.1, 0.15) is 8.64 Å². The summed E-state index contributed by atoms with van der Waals surface area (Å²) in [5.41, 5.74) is 0. The summed E-state index contributed by atoms with van der Waals surface area (Å²) in [6, 6.07) is 0. The first-order chi connectivity index (χ1) is 13.5. The number of thioether (sulfide) groups is 2. The fourth-order valence-corrected chi connectivity index (χ4v) is 5.11. The van der Waals surface area contributed by atoms with E-state index < -0.39 is 0 Å². The smallest absolute Gasteiger partial charge is 0.136 e. The van der Waals surface area contributed by atoms with Crippen LogP contribution in [0.3, 0.4) is 0 Å². The van der Waals surface area contributed by atoms with Crippen LogP contribution in [0.5, 0.6) is 0 Å². The van der Waals surface area contributed by atoms with Crippen LogP contribution >= 0.6 is 48.0 Å². The maximum Gasteiger partial charge on any atom is 0.136 e. The van der Waals surface area contributed by atoms with E-state index in [1.807, 2.05) is 0 Å². The molecule has 0 heterocycles. The van der Waals surface area contributed by atoms with Crippen LogP contribution in [0.15, 0.2) is 0 Å². The average Bonchev–Trinajstić information content (AvgIpc) is 2.70. The molecule has 0 aromatic carbocycles. The lowest BCUT2D eigenvalue weighted by molar-refractivity contribution is 0.225. The number of aliphatic hydroxyl groups is 1. The number of aliphatic hydroxyl groups excluding tert-OH is 1. The molecule has 0 atom stereocenters. The molecule has 3 nitrogen and oxygen atoms in total. The standard InChI is InChI=1S/C21H42N2OS4/c1-5-9-13-22(14-10-6-2)20(25)27-17-19(24)18-28-21(26)23(15-11-7-3)16-12-8-4/h19,24H,5-18H2,1-4H3. The molecule has 166 valence electrons. The zero-order chi connectivity index (χ0) is 21.2. The van der Waals surface area contributed by atoms with Gasteiger partial charge in [-0.15, -0.1) is 0 Å². The highest BCUT2D eigenvalue weighted by atomic mass is 32.2. The van der Waals surface area contributed by atoms with Gasteiger partial charge in [0, 0.05) is 37.7 Å². The van der Waals surface area contributed by atoms with Crippen molar-refractivity contribution in [3.8, 4) is 0 Å². The number of rotatable bonds is 16. The molecule has 0 aliphatic heterocycles. The second-order valence-electron chi connectivity index (χ2n) is 7.20. The summed E-state index contributed by atoms with van der Waals surface area (Å²) in [6.45, 7) is 13.0. The minimum Gasteiger partial charge on any atom is -0.391 e. The Bertz CT molecular complexity index is 358. The van der Waals surface area contributed by atoms with Gasteiger partial charge in [-0.2, -0.15) is 0 Å². The molecule has 1 N–H and O–H groups in total. The molecule has 0 radical (unpaired) electrons. The lowest BCUT2D eigenvalue weighted by Crippen LogP contribution is -2.32. The number of unbranched alkanes of at least 4 members (excludes halogenated alkanes) is 4. The SMILES string of the molecule is CCCCN(CCCC)C(=S)SCC(O)CSC(=S)N(CCCC)CCCC. The monoisotopic (exact) mass is 466 g/mol. The molecule has 0 aliphatic rings. The van der Waals surface area contributed by atoms with Gasteiger partial charge in [-0.05, 0) is 25.7 Å². The summed E-state index contributed by atoms with van der Waals surface area (Å²) in [4.78, 5) is 4.63. The van der Waals surface area contributed by atoms with Gasteiger partial charge >= 0.3 is 0 Å². The maximum atomic E-state index is 10.4. The Hall–Kier alpha value is 0.440. The van der Waals surface area contributed by atoms with E-state index in [-0.39, 0.29) is 6.10 Å². The Morgan fingerprint density at radius 2 is 0.964 bits per heavy atom. The molecule has 0 fully saturated rings. The third-order valence-electron chi connectivity index (χ3n) is 4.44. The molecule has 0 aromatic heterocycles. The van der Waals surface area contributed by atoms with Gasteiger partial charge in [-0.1, -0.05) is 101 Å². The largest absolute Gasteiger partial charge is 0.391 e. The van der Waals surface area contributed by atoms with Gasteiger partial charge in [0.25, 0.3) is 0 Å². The summed E-state index contributed by atoms with van der Waals surface area (Å²) in [5, 5.41) is 10.4. The molecular formula is C21H42N2OS4. The summed E-state index contributed by atoms with van der Waals surface area (Å²) < 4.78 is 1.86. The normalized spacial score (nSPS) is 11.1. The van der Waals surface area contributed by atoms with Gasteiger partial charge in [0.2, 0.25) is 0 Å². The minimum absolute atomic E-state index is 0.385. The summed E-state index contributed by atoms with van der Waals surface area (Å²) >= 11 is 14.5. The van der Waals surface area contributed by atoms with E-state index in [4.69, 9.17) is 24.4 Å². The van der Waals surface area contributed by atoms with Gasteiger partial charge in [-0.3, -0.25) is 0 Å². The quantitative estimate of drug-likeness (QED) is 0.271. The molecule has 0 spiro atoms. The van der Waals surface area contributed by atoms with Gasteiger partial charge < -0.3 is 14.9 Å². The molecule has 0 aromatic rings. The second-order valence-corrected chi connectivity index (χ2v) is 10.5. The van der Waals surface area contributed by atoms with Gasteiger partial charge in [-0.25, -0.2) is 0 Å². The van der Waals surface area contributed by atoms with Crippen molar-refractivity contribution in [2.45, 2.75) is 85.2 Å². The van der Waals surface area contributed by atoms with Gasteiger partial charge in [0.15, 0.2) is 0 Å². The van der Waals surface area contributed by atoms with Crippen LogP contribution in [0.4, 0.5) is 0 Å². The Balaban J connectivity index is 4.32. The van der Waals surface area contributed by atoms with Crippen LogP contribution in [-0.4, -0.2) is 67.3 Å². The number of thiocarbonyl (C=S) groups is 2. The fraction of sp³-hybridized carbons (Fsp3) is 0.905. The van der Waals surface area contributed by atoms with Crippen molar-refractivity contribution < 1.29 is 5.11 Å². The molecule has 0 saturated heterocycles. The number of hydrogen-bond donors (Lipinski definition) is 1. The van der Waals surface area contributed by atoms with Gasteiger partial charge in [0.05, 0.1) is 6.10 Å². The summed E-state index contributed by atoms with van der Waals surface area (Å²) in [6.07, 6.45) is 9.01. The van der Waals surface area contributed by atoms with Crippen molar-refractivity contribution in [3.05, 3.63) is 0 Å². The lowest BCUT2D eigenvalue weighted by atomic mass is 10.3. The van der Waals surface area contributed by atoms with E-state index in [1.165, 1.54) is 51.4 Å². The topological polar surface area (TPSA) is 26.7 Å². The van der Waals surface area contributed by atoms with E-state index in [9.17, 15) is 5.11 Å². The fourth-order valence-electron chi connectivity index (χ4n) is 2.55. The van der Waals surface area contributed by atoms with Crippen molar-refractivity contribution in [1.29, 1.82) is 0 Å². The Morgan fingerprint density at radius 1 is 0.679 bits per heavy atom. The molecule has 0 bridgehead atoms. The molecule has 28 heavy (non-hydrogen) atoms. The minimum atomic E-state index is -0.385. The zero-order valence-electron chi connectivity index (χ0n) is 18.5. The van der Waals surface area contributed by atoms with E-state index in [0.717, 1.165) is 34.8 Å². The van der Waals surface area contributed by atoms with Crippen LogP contribution in [0.1, 0.15) is 79.1 Å². The second kappa shape index (κ2) is 19.4. The number of nitrogens with zero attached hydrogens (tertiary/aromatic N) is 2. The summed E-state index contributed by atoms with van der Waals surface area (Å²) in [5.74, 6) is 1.29. The van der Waals surface area contributed by atoms with Crippen molar-refractivity contribution in [2.75, 3.05) is 37.7 Å². The Morgan fingerprint density at radius 3 is 1.21 bits per heavy atom. The molecule has 0 rings (SSSR count). The van der Waals surface area contributed by atoms with Crippen LogP contribution in [-0.2, 0) is 0 Å². The van der Waals surface area contributed by atoms with E-state index in [0.29, 0.717) is 11.5 Å². The molecule has 0 saturated carbocycles. The molecule has 0 amide bonds. The first kappa shape index (κ1) is 28.4. The molecule has 0 aliphatic carbocycles. The van der Waals surface area contributed by atoms with Crippen LogP contribution in [0, 0.1) is 0 Å². The van der Waals surface area contributed by atoms with E-state index >= 15 is 0 Å². The van der Waals surface area contributed by atoms with Crippen molar-refractivity contribution in [1.82, 2.24) is 9.80 Å². The number of hydrogen-bond acceptors (Lipinski definition) is 5. The van der Waals surface area contributed by atoms with Crippen molar-refractivity contribution in [3.63, 3.8) is 0 Å². The average molecular weight is 467 g/mol. The highest BCUT2D eigenvalue weighted by molar-refractivity contribution is 8.23. The first-order valence-electron chi connectivity index (χ1n) is 11.0. The summed E-state index contributed by atoms with van der Waals surface area (Å²) in [7, 11) is 0. The Kier molecular flexibility index (Phi) is 19.7. The lowest BCUT2D eigenvalue weighted by Gasteiger charge is -2.26. The molecule has 7 heteroatoms. The Labute approximate surface area is 193 Å². The van der Waals surface area contributed by atoms with E-state index in [1.54, 1.807) is 23.5 Å².